The fourth-order valence-electron chi connectivity index (χ4n) is 2.07. The van der Waals surface area contributed by atoms with Gasteiger partial charge in [0.15, 0.2) is 0 Å². The highest BCUT2D eigenvalue weighted by molar-refractivity contribution is 7.07. The van der Waals surface area contributed by atoms with Crippen LogP contribution in [0, 0.1) is 0 Å². The van der Waals surface area contributed by atoms with Gasteiger partial charge in [0, 0.05) is 13.1 Å². The Hall–Kier alpha value is -0.910. The van der Waals surface area contributed by atoms with Crippen LogP contribution in [0.1, 0.15) is 12.5 Å². The molecule has 0 aliphatic carbocycles. The van der Waals surface area contributed by atoms with E-state index in [2.05, 4.69) is 16.8 Å². The molecule has 0 bridgehead atoms. The topological polar surface area (TPSA) is 41.6 Å². The monoisotopic (exact) mass is 254 g/mol. The zero-order valence-electron chi connectivity index (χ0n) is 10.2. The molecule has 1 aliphatic heterocycles. The summed E-state index contributed by atoms with van der Waals surface area (Å²) in [6.45, 7) is 3.89. The van der Waals surface area contributed by atoms with Crippen LogP contribution in [0.5, 0.6) is 0 Å². The van der Waals surface area contributed by atoms with E-state index in [9.17, 15) is 4.79 Å². The highest BCUT2D eigenvalue weighted by atomic mass is 32.1. The van der Waals surface area contributed by atoms with Crippen LogP contribution in [0.4, 0.5) is 0 Å². The third-order valence-electron chi connectivity index (χ3n) is 3.05. The number of nitrogens with zero attached hydrogens (tertiary/aromatic N) is 1. The van der Waals surface area contributed by atoms with E-state index in [1.54, 1.807) is 18.4 Å². The number of thiophene rings is 1. The fourth-order valence-corrected chi connectivity index (χ4v) is 2.73. The van der Waals surface area contributed by atoms with E-state index >= 15 is 0 Å². The molecule has 2 rings (SSSR count). The number of rotatable bonds is 3. The number of hydrogen-bond acceptors (Lipinski definition) is 4. The second kappa shape index (κ2) is 5.62. The van der Waals surface area contributed by atoms with Crippen molar-refractivity contribution in [2.24, 2.45) is 0 Å². The normalized spacial score (nSPS) is 26.0. The molecule has 2 heterocycles. The summed E-state index contributed by atoms with van der Waals surface area (Å²) in [7, 11) is 1.80. The van der Waals surface area contributed by atoms with Crippen molar-refractivity contribution < 1.29 is 9.53 Å². The molecule has 94 valence electrons. The van der Waals surface area contributed by atoms with E-state index in [-0.39, 0.29) is 18.1 Å². The Morgan fingerprint density at radius 3 is 3.12 bits per heavy atom. The van der Waals surface area contributed by atoms with Crippen LogP contribution in [0.25, 0.3) is 0 Å². The SMILES string of the molecule is CNC1C(=O)N(Cc2ccsc2)CCOC1C. The molecule has 0 spiro atoms. The van der Waals surface area contributed by atoms with E-state index in [0.29, 0.717) is 19.7 Å². The molecule has 1 fully saturated rings. The minimum atomic E-state index is -0.240. The van der Waals surface area contributed by atoms with Crippen molar-refractivity contribution in [2.75, 3.05) is 20.2 Å². The number of carbonyl (C=O) groups is 1. The van der Waals surface area contributed by atoms with Crippen molar-refractivity contribution in [1.29, 1.82) is 0 Å². The van der Waals surface area contributed by atoms with Crippen LogP contribution in [-0.2, 0) is 16.1 Å². The summed E-state index contributed by atoms with van der Waals surface area (Å²) in [6, 6.07) is 1.82. The van der Waals surface area contributed by atoms with E-state index in [4.69, 9.17) is 4.74 Å². The highest BCUT2D eigenvalue weighted by Gasteiger charge is 2.31. The van der Waals surface area contributed by atoms with Crippen LogP contribution in [0.3, 0.4) is 0 Å². The molecule has 1 amide bonds. The van der Waals surface area contributed by atoms with Gasteiger partial charge in [-0.15, -0.1) is 0 Å². The number of nitrogens with one attached hydrogen (secondary N) is 1. The molecule has 1 aromatic rings. The second-order valence-electron chi connectivity index (χ2n) is 4.23. The van der Waals surface area contributed by atoms with Crippen molar-refractivity contribution in [2.45, 2.75) is 25.6 Å². The van der Waals surface area contributed by atoms with Gasteiger partial charge in [-0.1, -0.05) is 0 Å². The molecular weight excluding hydrogens is 236 g/mol. The van der Waals surface area contributed by atoms with Crippen LogP contribution in [-0.4, -0.2) is 43.2 Å². The molecule has 2 atom stereocenters. The van der Waals surface area contributed by atoms with Crippen LogP contribution >= 0.6 is 11.3 Å². The molecule has 0 saturated carbocycles. The predicted octanol–water partition coefficient (Wildman–Crippen LogP) is 1.08. The average molecular weight is 254 g/mol. The Bertz CT molecular complexity index is 367. The minimum absolute atomic E-state index is 0.0695. The van der Waals surface area contributed by atoms with Crippen LogP contribution in [0.2, 0.25) is 0 Å². The van der Waals surface area contributed by atoms with E-state index in [0.717, 1.165) is 0 Å². The van der Waals surface area contributed by atoms with Crippen LogP contribution < -0.4 is 5.32 Å². The Morgan fingerprint density at radius 2 is 2.47 bits per heavy atom. The van der Waals surface area contributed by atoms with Crippen molar-refractivity contribution in [3.63, 3.8) is 0 Å². The number of likely N-dealkylation sites (N-methyl/N-ethyl adjacent to an activating group) is 1. The number of hydrogen-bond donors (Lipinski definition) is 1. The lowest BCUT2D eigenvalue weighted by Gasteiger charge is -2.24. The van der Waals surface area contributed by atoms with Gasteiger partial charge in [0.25, 0.3) is 0 Å². The Kier molecular flexibility index (Phi) is 4.15. The maximum absolute atomic E-state index is 12.3. The number of amides is 1. The third kappa shape index (κ3) is 2.86. The lowest BCUT2D eigenvalue weighted by molar-refractivity contribution is -0.134. The summed E-state index contributed by atoms with van der Waals surface area (Å²) in [6.07, 6.45) is -0.0695. The molecule has 17 heavy (non-hydrogen) atoms. The number of ether oxygens (including phenoxy) is 1. The molecule has 5 heteroatoms. The lowest BCUT2D eigenvalue weighted by atomic mass is 10.1. The first-order chi connectivity index (χ1) is 8.22. The van der Waals surface area contributed by atoms with Gasteiger partial charge in [0.2, 0.25) is 5.91 Å². The zero-order valence-corrected chi connectivity index (χ0v) is 11.0. The van der Waals surface area contributed by atoms with E-state index < -0.39 is 0 Å². The minimum Gasteiger partial charge on any atom is -0.374 e. The summed E-state index contributed by atoms with van der Waals surface area (Å²) in [5.41, 5.74) is 1.19. The van der Waals surface area contributed by atoms with Gasteiger partial charge in [-0.2, -0.15) is 11.3 Å². The molecule has 1 N–H and O–H groups in total. The quantitative estimate of drug-likeness (QED) is 0.877. The highest BCUT2D eigenvalue weighted by Crippen LogP contribution is 2.14. The van der Waals surface area contributed by atoms with Crippen LogP contribution in [0.15, 0.2) is 16.8 Å². The summed E-state index contributed by atoms with van der Waals surface area (Å²) in [5, 5.41) is 7.15. The van der Waals surface area contributed by atoms with Gasteiger partial charge in [-0.05, 0) is 36.4 Å². The molecule has 0 radical (unpaired) electrons. The first kappa shape index (κ1) is 12.5. The van der Waals surface area contributed by atoms with Gasteiger partial charge in [0.1, 0.15) is 6.04 Å². The van der Waals surface area contributed by atoms with Gasteiger partial charge in [0.05, 0.1) is 12.7 Å². The second-order valence-corrected chi connectivity index (χ2v) is 5.01. The summed E-state index contributed by atoms with van der Waals surface area (Å²) < 4.78 is 5.60. The first-order valence-corrected chi connectivity index (χ1v) is 6.75. The zero-order chi connectivity index (χ0) is 12.3. The summed E-state index contributed by atoms with van der Waals surface area (Å²) in [4.78, 5) is 14.2. The molecular formula is C12H18N2O2S. The molecule has 1 aliphatic rings. The van der Waals surface area contributed by atoms with Crippen molar-refractivity contribution in [1.82, 2.24) is 10.2 Å². The van der Waals surface area contributed by atoms with Crippen molar-refractivity contribution >= 4 is 17.2 Å². The molecule has 4 nitrogen and oxygen atoms in total. The number of carbonyl (C=O) groups excluding carboxylic acids is 1. The lowest BCUT2D eigenvalue weighted by Crippen LogP contribution is -2.48. The van der Waals surface area contributed by atoms with Gasteiger partial charge >= 0.3 is 0 Å². The fraction of sp³-hybridized carbons (Fsp3) is 0.583. The molecule has 1 aromatic heterocycles. The predicted molar refractivity (Wildman–Crippen MR) is 68.0 cm³/mol. The standard InChI is InChI=1S/C12H18N2O2S/c1-9-11(13-2)12(15)14(4-5-16-9)7-10-3-6-17-8-10/h3,6,8-9,11,13H,4-5,7H2,1-2H3. The smallest absolute Gasteiger partial charge is 0.242 e. The molecule has 1 saturated heterocycles. The Balaban J connectivity index is 2.08. The largest absolute Gasteiger partial charge is 0.374 e. The molecule has 2 unspecified atom stereocenters. The molecule has 0 aromatic carbocycles. The first-order valence-electron chi connectivity index (χ1n) is 5.81. The maximum atomic E-state index is 12.3. The van der Waals surface area contributed by atoms with Crippen molar-refractivity contribution in [3.8, 4) is 0 Å². The summed E-state index contributed by atoms with van der Waals surface area (Å²) in [5.74, 6) is 0.128. The maximum Gasteiger partial charge on any atom is 0.242 e. The van der Waals surface area contributed by atoms with E-state index in [1.807, 2.05) is 17.2 Å². The third-order valence-corrected chi connectivity index (χ3v) is 3.79. The Labute approximate surface area is 106 Å². The van der Waals surface area contributed by atoms with E-state index in [1.165, 1.54) is 5.56 Å². The van der Waals surface area contributed by atoms with Crippen molar-refractivity contribution in [3.05, 3.63) is 22.4 Å². The van der Waals surface area contributed by atoms with Gasteiger partial charge in [-0.3, -0.25) is 4.79 Å². The van der Waals surface area contributed by atoms with Gasteiger partial charge in [-0.25, -0.2) is 0 Å². The Morgan fingerprint density at radius 1 is 1.65 bits per heavy atom. The average Bonchev–Trinajstić information content (AvgIpc) is 2.76. The summed E-state index contributed by atoms with van der Waals surface area (Å²) >= 11 is 1.66. The van der Waals surface area contributed by atoms with Gasteiger partial charge < -0.3 is 15.0 Å².